The van der Waals surface area contributed by atoms with E-state index < -0.39 is 16.9 Å². The topological polar surface area (TPSA) is 111 Å². The Morgan fingerprint density at radius 3 is 2.38 bits per heavy atom. The van der Waals surface area contributed by atoms with Crippen LogP contribution in [0.1, 0.15) is 0 Å². The highest BCUT2D eigenvalue weighted by Crippen LogP contribution is 2.35. The van der Waals surface area contributed by atoms with Crippen LogP contribution in [0.25, 0.3) is 22.3 Å². The number of fused-ring (bicyclic) bond motifs is 1. The zero-order chi connectivity index (χ0) is 15.9. The Bertz CT molecular complexity index is 914. The van der Waals surface area contributed by atoms with E-state index >= 15 is 0 Å². The number of hydrogen-bond acceptors (Lipinski definition) is 6. The molecule has 6 nitrogen and oxygen atoms in total. The highest BCUT2D eigenvalue weighted by atomic mass is 16.4. The van der Waals surface area contributed by atoms with E-state index in [0.29, 0.717) is 5.56 Å². The van der Waals surface area contributed by atoms with Crippen LogP contribution in [-0.2, 0) is 0 Å². The van der Waals surface area contributed by atoms with Gasteiger partial charge in [0.05, 0.1) is 0 Å². The molecule has 4 N–H and O–H groups in total. The van der Waals surface area contributed by atoms with Gasteiger partial charge in [-0.3, -0.25) is 4.79 Å². The average molecular weight is 287 g/mol. The lowest BCUT2D eigenvalue weighted by Crippen LogP contribution is -2.02. The van der Waals surface area contributed by atoms with Crippen LogP contribution < -0.4 is 5.43 Å². The second kappa shape index (κ2) is 4.45. The van der Waals surface area contributed by atoms with Crippen LogP contribution in [0.3, 0.4) is 0 Å². The summed E-state index contributed by atoms with van der Waals surface area (Å²) >= 11 is 0. The minimum atomic E-state index is -0.739. The van der Waals surface area contributed by atoms with Crippen LogP contribution in [0.2, 0.25) is 0 Å². The van der Waals surface area contributed by atoms with E-state index in [1.165, 1.54) is 30.3 Å². The van der Waals surface area contributed by atoms with Crippen molar-refractivity contribution in [1.29, 1.82) is 1.43 Å². The van der Waals surface area contributed by atoms with Crippen molar-refractivity contribution in [2.24, 2.45) is 0 Å². The van der Waals surface area contributed by atoms with Crippen LogP contribution in [0.5, 0.6) is 23.0 Å². The van der Waals surface area contributed by atoms with Gasteiger partial charge in [-0.1, -0.05) is 0 Å². The molecule has 0 bridgehead atoms. The Morgan fingerprint density at radius 1 is 1.00 bits per heavy atom. The molecule has 0 unspecified atom stereocenters. The fraction of sp³-hybridized carbons (Fsp3) is 0. The Balaban J connectivity index is 2.40. The first-order chi connectivity index (χ1) is 10.5. The Hall–Kier alpha value is -3.15. The predicted molar refractivity (Wildman–Crippen MR) is 74.6 cm³/mol. The summed E-state index contributed by atoms with van der Waals surface area (Å²) in [5.74, 6) is -1.17. The van der Waals surface area contributed by atoms with Crippen LogP contribution in [0, 0.1) is 0 Å². The van der Waals surface area contributed by atoms with Gasteiger partial charge in [-0.05, 0) is 24.3 Å². The molecule has 0 saturated carbocycles. The van der Waals surface area contributed by atoms with E-state index in [4.69, 9.17) is 5.85 Å². The highest BCUT2D eigenvalue weighted by Gasteiger charge is 2.18. The van der Waals surface area contributed by atoms with E-state index in [-0.39, 0.29) is 28.2 Å². The molecule has 0 aliphatic heterocycles. The van der Waals surface area contributed by atoms with Crippen molar-refractivity contribution < 1.29 is 24.8 Å². The van der Waals surface area contributed by atoms with Crippen molar-refractivity contribution in [3.05, 3.63) is 46.6 Å². The van der Waals surface area contributed by atoms with E-state index in [1.54, 1.807) is 0 Å². The highest BCUT2D eigenvalue weighted by molar-refractivity contribution is 5.88. The maximum Gasteiger partial charge on any atom is 0.293 e. The smallest absolute Gasteiger partial charge is 0.293 e. The molecule has 0 atom stereocenters. The van der Waals surface area contributed by atoms with E-state index in [0.717, 1.165) is 6.07 Å². The van der Waals surface area contributed by atoms with Gasteiger partial charge in [0, 0.05) is 17.7 Å². The van der Waals surface area contributed by atoms with Gasteiger partial charge in [-0.15, -0.1) is 0 Å². The van der Waals surface area contributed by atoms with E-state index in [1.807, 2.05) is 0 Å². The minimum Gasteiger partial charge on any atom is -0.508 e. The summed E-state index contributed by atoms with van der Waals surface area (Å²) in [6.07, 6.45) is 0. The zero-order valence-corrected chi connectivity index (χ0v) is 10.5. The molecule has 3 rings (SSSR count). The first kappa shape index (κ1) is 11.7. The summed E-state index contributed by atoms with van der Waals surface area (Å²) in [5.41, 5.74) is -0.398. The number of benzene rings is 2. The zero-order valence-electron chi connectivity index (χ0n) is 11.5. The normalized spacial score (nSPS) is 11.3. The van der Waals surface area contributed by atoms with Gasteiger partial charge >= 0.3 is 0 Å². The molecule has 0 spiro atoms. The molecule has 0 fully saturated rings. The number of phenols is 3. The fourth-order valence-electron chi connectivity index (χ4n) is 2.07. The van der Waals surface area contributed by atoms with E-state index in [9.17, 15) is 20.1 Å². The number of phenolic OH excluding ortho intramolecular Hbond substituents is 3. The van der Waals surface area contributed by atoms with Crippen LogP contribution >= 0.6 is 0 Å². The standard InChI is InChI=1S/C15H10O6/c16-8-3-1-7(2-4-8)15-14(20)13(19)12-10(18)5-9(17)6-11(12)21-15/h1-6,16-18,20H/i/hD. The molecule has 0 aliphatic rings. The largest absolute Gasteiger partial charge is 0.508 e. The maximum absolute atomic E-state index is 12.4. The van der Waals surface area contributed by atoms with Gasteiger partial charge in [0.25, 0.3) is 1.43 Å². The van der Waals surface area contributed by atoms with Crippen molar-refractivity contribution in [2.75, 3.05) is 0 Å². The van der Waals surface area contributed by atoms with Gasteiger partial charge in [0.15, 0.2) is 5.76 Å². The Kier molecular flexibility index (Phi) is 2.47. The summed E-state index contributed by atoms with van der Waals surface area (Å²) in [7, 11) is 0. The molecule has 1 aromatic heterocycles. The molecule has 2 aromatic carbocycles. The number of aromatic hydroxyl groups is 4. The SMILES string of the molecule is [2H]Oc1c(-c2ccc(O)cc2)oc2cc(O)cc(O)c2c1=O. The second-order valence-electron chi connectivity index (χ2n) is 4.47. The summed E-state index contributed by atoms with van der Waals surface area (Å²) in [6, 6.07) is 7.89. The van der Waals surface area contributed by atoms with E-state index in [2.05, 4.69) is 5.11 Å². The molecular weight excluding hydrogens is 276 g/mol. The van der Waals surface area contributed by atoms with Crippen molar-refractivity contribution >= 4 is 11.0 Å². The lowest BCUT2D eigenvalue weighted by atomic mass is 10.1. The quantitative estimate of drug-likeness (QED) is 0.575. The van der Waals surface area contributed by atoms with Gasteiger partial charge < -0.3 is 24.8 Å². The summed E-state index contributed by atoms with van der Waals surface area (Å²) in [5, 5.41) is 32.8. The van der Waals surface area contributed by atoms with Crippen molar-refractivity contribution in [2.45, 2.75) is 0 Å². The van der Waals surface area contributed by atoms with Crippen molar-refractivity contribution in [1.82, 2.24) is 0 Å². The molecule has 106 valence electrons. The van der Waals surface area contributed by atoms with Crippen LogP contribution in [0.4, 0.5) is 0 Å². The molecule has 0 aliphatic carbocycles. The molecule has 0 amide bonds. The molecule has 3 aromatic rings. The molecule has 0 saturated heterocycles. The molecule has 21 heavy (non-hydrogen) atoms. The molecule has 1 heterocycles. The molecule has 0 radical (unpaired) electrons. The Morgan fingerprint density at radius 2 is 1.71 bits per heavy atom. The van der Waals surface area contributed by atoms with Crippen molar-refractivity contribution in [3.8, 4) is 34.3 Å². The summed E-state index contributed by atoms with van der Waals surface area (Å²) in [6.45, 7) is 0. The third-order valence-corrected chi connectivity index (χ3v) is 3.05. The second-order valence-corrected chi connectivity index (χ2v) is 4.47. The maximum atomic E-state index is 12.4. The minimum absolute atomic E-state index is 0.0236. The first-order valence-electron chi connectivity index (χ1n) is 6.37. The van der Waals surface area contributed by atoms with Gasteiger partial charge in [0.2, 0.25) is 11.2 Å². The van der Waals surface area contributed by atoms with Crippen LogP contribution in [0.15, 0.2) is 45.6 Å². The third kappa shape index (κ3) is 2.02. The predicted octanol–water partition coefficient (Wildman–Crippen LogP) is 2.28. The average Bonchev–Trinajstić information content (AvgIpc) is 2.47. The Labute approximate surface area is 119 Å². The number of hydrogen-bond donors (Lipinski definition) is 4. The monoisotopic (exact) mass is 287 g/mol. The lowest BCUT2D eigenvalue weighted by Gasteiger charge is -2.07. The molecular formula is C15H10O6. The number of rotatable bonds is 2. The van der Waals surface area contributed by atoms with Gasteiger partial charge in [0.1, 0.15) is 28.2 Å². The first-order valence-corrected chi connectivity index (χ1v) is 5.96. The summed E-state index contributed by atoms with van der Waals surface area (Å²) in [4.78, 5) is 12.4. The molecule has 6 heteroatoms. The van der Waals surface area contributed by atoms with Crippen LogP contribution in [-0.4, -0.2) is 21.9 Å². The fourth-order valence-corrected chi connectivity index (χ4v) is 2.07. The van der Waals surface area contributed by atoms with Crippen molar-refractivity contribution in [3.63, 3.8) is 0 Å². The lowest BCUT2D eigenvalue weighted by molar-refractivity contribution is 0.438. The summed E-state index contributed by atoms with van der Waals surface area (Å²) < 4.78 is 12.6. The third-order valence-electron chi connectivity index (χ3n) is 3.05. The van der Waals surface area contributed by atoms with Gasteiger partial charge in [-0.25, -0.2) is 0 Å². The van der Waals surface area contributed by atoms with Gasteiger partial charge in [-0.2, -0.15) is 0 Å².